The molecule has 1 aliphatic heterocycles. The number of hydrogen-bond donors (Lipinski definition) is 1. The molecule has 78 valence electrons. The van der Waals surface area contributed by atoms with E-state index >= 15 is 0 Å². The largest absolute Gasteiger partial charge is 0.298 e. The van der Waals surface area contributed by atoms with Gasteiger partial charge in [-0.3, -0.25) is 10.0 Å². The molecule has 0 atom stereocenters. The number of benzene rings is 1. The van der Waals surface area contributed by atoms with Gasteiger partial charge < -0.3 is 0 Å². The minimum absolute atomic E-state index is 0.308. The Morgan fingerprint density at radius 1 is 1.27 bits per heavy atom. The minimum atomic E-state index is -0.873. The van der Waals surface area contributed by atoms with Crippen LogP contribution in [0.3, 0.4) is 0 Å². The molecular weight excluding hydrogens is 192 g/mol. The lowest BCUT2D eigenvalue weighted by Gasteiger charge is -2.21. The molecule has 0 spiro atoms. The van der Waals surface area contributed by atoms with Crippen molar-refractivity contribution < 1.29 is 10.0 Å². The van der Waals surface area contributed by atoms with Crippen molar-refractivity contribution in [2.75, 3.05) is 0 Å². The van der Waals surface area contributed by atoms with E-state index in [1.165, 1.54) is 0 Å². The number of rotatable bonds is 1. The molecule has 1 aromatic rings. The summed E-state index contributed by atoms with van der Waals surface area (Å²) in [6.45, 7) is 3.36. The average Bonchev–Trinajstić information content (AvgIpc) is 2.44. The van der Waals surface area contributed by atoms with E-state index in [0.29, 0.717) is 10.8 Å². The van der Waals surface area contributed by atoms with Crippen molar-refractivity contribution in [2.45, 2.75) is 19.5 Å². The molecular formula is C11H12N2O2. The number of amides is 1. The van der Waals surface area contributed by atoms with Gasteiger partial charge in [-0.15, -0.1) is 0 Å². The Kier molecular flexibility index (Phi) is 2.08. The van der Waals surface area contributed by atoms with E-state index in [9.17, 15) is 10.0 Å². The number of carbonyl (C=O) groups is 1. The van der Waals surface area contributed by atoms with Gasteiger partial charge in [0.1, 0.15) is 5.71 Å². The van der Waals surface area contributed by atoms with Gasteiger partial charge in [0.25, 0.3) is 5.91 Å². The third kappa shape index (κ3) is 1.53. The van der Waals surface area contributed by atoms with Crippen LogP contribution in [0.15, 0.2) is 35.3 Å². The molecule has 2 rings (SSSR count). The smallest absolute Gasteiger partial charge is 0.283 e. The molecule has 0 fully saturated rings. The zero-order chi connectivity index (χ0) is 11.1. The summed E-state index contributed by atoms with van der Waals surface area (Å²) in [5, 5.41) is 10.2. The first kappa shape index (κ1) is 9.86. The van der Waals surface area contributed by atoms with Crippen molar-refractivity contribution in [3.63, 3.8) is 0 Å². The van der Waals surface area contributed by atoms with E-state index in [1.807, 2.05) is 18.2 Å². The molecule has 0 radical (unpaired) electrons. The van der Waals surface area contributed by atoms with Gasteiger partial charge in [-0.05, 0) is 13.8 Å². The lowest BCUT2D eigenvalue weighted by Crippen LogP contribution is -2.39. The maximum absolute atomic E-state index is 11.7. The van der Waals surface area contributed by atoms with Gasteiger partial charge in [-0.2, -0.15) is 5.06 Å². The summed E-state index contributed by atoms with van der Waals surface area (Å²) in [4.78, 5) is 15.9. The van der Waals surface area contributed by atoms with Crippen molar-refractivity contribution in [3.8, 4) is 0 Å². The first-order valence-electron chi connectivity index (χ1n) is 4.71. The van der Waals surface area contributed by atoms with E-state index in [0.717, 1.165) is 5.56 Å². The fraction of sp³-hybridized carbons (Fsp3) is 0.273. The Labute approximate surface area is 87.8 Å². The van der Waals surface area contributed by atoms with Crippen molar-refractivity contribution in [2.24, 2.45) is 4.99 Å². The summed E-state index contributed by atoms with van der Waals surface area (Å²) in [6.07, 6.45) is 0. The van der Waals surface area contributed by atoms with E-state index in [1.54, 1.807) is 26.0 Å². The van der Waals surface area contributed by atoms with Crippen LogP contribution in [0.5, 0.6) is 0 Å². The molecule has 1 heterocycles. The summed E-state index contributed by atoms with van der Waals surface area (Å²) >= 11 is 0. The predicted molar refractivity (Wildman–Crippen MR) is 55.7 cm³/mol. The van der Waals surface area contributed by atoms with Crippen LogP contribution in [0.25, 0.3) is 0 Å². The van der Waals surface area contributed by atoms with Crippen molar-refractivity contribution in [1.82, 2.24) is 5.06 Å². The van der Waals surface area contributed by atoms with Crippen molar-refractivity contribution in [1.29, 1.82) is 0 Å². The topological polar surface area (TPSA) is 52.9 Å². The van der Waals surface area contributed by atoms with Gasteiger partial charge in [0.15, 0.2) is 5.66 Å². The molecule has 0 aliphatic carbocycles. The molecule has 1 aliphatic rings. The highest BCUT2D eigenvalue weighted by Gasteiger charge is 2.39. The molecule has 0 saturated carbocycles. The molecule has 0 unspecified atom stereocenters. The second-order valence-corrected chi connectivity index (χ2v) is 3.94. The van der Waals surface area contributed by atoms with Crippen LogP contribution in [0.1, 0.15) is 19.4 Å². The monoisotopic (exact) mass is 204 g/mol. The summed E-state index contributed by atoms with van der Waals surface area (Å²) in [6, 6.07) is 9.12. The van der Waals surface area contributed by atoms with E-state index in [4.69, 9.17) is 0 Å². The van der Waals surface area contributed by atoms with Crippen LogP contribution in [-0.4, -0.2) is 27.6 Å². The number of carbonyl (C=O) groups excluding carboxylic acids is 1. The molecule has 0 bridgehead atoms. The van der Waals surface area contributed by atoms with Gasteiger partial charge in [-0.1, -0.05) is 30.3 Å². The van der Waals surface area contributed by atoms with Crippen LogP contribution in [0, 0.1) is 0 Å². The molecule has 15 heavy (non-hydrogen) atoms. The van der Waals surface area contributed by atoms with Gasteiger partial charge in [0, 0.05) is 5.56 Å². The van der Waals surface area contributed by atoms with Gasteiger partial charge in [0.2, 0.25) is 0 Å². The number of hydrogen-bond acceptors (Lipinski definition) is 3. The quantitative estimate of drug-likeness (QED) is 0.704. The van der Waals surface area contributed by atoms with E-state index in [2.05, 4.69) is 4.99 Å². The highest BCUT2D eigenvalue weighted by atomic mass is 16.5. The number of nitrogens with zero attached hydrogens (tertiary/aromatic N) is 2. The average molecular weight is 204 g/mol. The molecule has 0 aromatic heterocycles. The predicted octanol–water partition coefficient (Wildman–Crippen LogP) is 1.44. The maximum Gasteiger partial charge on any atom is 0.298 e. The zero-order valence-electron chi connectivity index (χ0n) is 8.64. The lowest BCUT2D eigenvalue weighted by atomic mass is 10.1. The third-order valence-electron chi connectivity index (χ3n) is 2.35. The Morgan fingerprint density at radius 3 is 2.33 bits per heavy atom. The Bertz CT molecular complexity index is 423. The van der Waals surface area contributed by atoms with Gasteiger partial charge in [0.05, 0.1) is 0 Å². The Balaban J connectivity index is 2.45. The van der Waals surface area contributed by atoms with Crippen LogP contribution in [-0.2, 0) is 4.79 Å². The van der Waals surface area contributed by atoms with Gasteiger partial charge in [-0.25, -0.2) is 4.99 Å². The highest BCUT2D eigenvalue weighted by molar-refractivity contribution is 6.46. The Hall–Kier alpha value is -1.68. The fourth-order valence-corrected chi connectivity index (χ4v) is 1.50. The SMILES string of the molecule is CC1(C)N=C(c2ccccc2)C(=O)N1O. The lowest BCUT2D eigenvalue weighted by molar-refractivity contribution is -0.174. The summed E-state index contributed by atoms with van der Waals surface area (Å²) < 4.78 is 0. The van der Waals surface area contributed by atoms with Crippen LogP contribution >= 0.6 is 0 Å². The highest BCUT2D eigenvalue weighted by Crippen LogP contribution is 2.23. The van der Waals surface area contributed by atoms with Crippen molar-refractivity contribution >= 4 is 11.6 Å². The second-order valence-electron chi connectivity index (χ2n) is 3.94. The summed E-state index contributed by atoms with van der Waals surface area (Å²) in [5.74, 6) is -0.453. The summed E-state index contributed by atoms with van der Waals surface area (Å²) in [7, 11) is 0. The van der Waals surface area contributed by atoms with Crippen molar-refractivity contribution in [3.05, 3.63) is 35.9 Å². The van der Waals surface area contributed by atoms with E-state index < -0.39 is 11.6 Å². The standard InChI is InChI=1S/C11H12N2O2/c1-11(2)12-9(10(14)13(11)15)8-6-4-3-5-7-8/h3-7,15H,1-2H3. The normalized spacial score (nSPS) is 19.3. The number of aliphatic imine (C=N–C) groups is 1. The molecule has 4 nitrogen and oxygen atoms in total. The first-order chi connectivity index (χ1) is 7.02. The first-order valence-corrected chi connectivity index (χ1v) is 4.71. The Morgan fingerprint density at radius 2 is 1.87 bits per heavy atom. The fourth-order valence-electron chi connectivity index (χ4n) is 1.50. The molecule has 4 heteroatoms. The van der Waals surface area contributed by atoms with Crippen LogP contribution in [0.2, 0.25) is 0 Å². The molecule has 1 N–H and O–H groups in total. The number of hydroxylamine groups is 2. The second kappa shape index (κ2) is 3.17. The maximum atomic E-state index is 11.7. The minimum Gasteiger partial charge on any atom is -0.283 e. The molecule has 0 saturated heterocycles. The van der Waals surface area contributed by atoms with E-state index in [-0.39, 0.29) is 0 Å². The van der Waals surface area contributed by atoms with Crippen LogP contribution in [0.4, 0.5) is 0 Å². The van der Waals surface area contributed by atoms with Gasteiger partial charge >= 0.3 is 0 Å². The third-order valence-corrected chi connectivity index (χ3v) is 2.35. The summed E-state index contributed by atoms with van der Waals surface area (Å²) in [5.41, 5.74) is 0.164. The zero-order valence-corrected chi connectivity index (χ0v) is 8.64. The molecule has 1 aromatic carbocycles. The van der Waals surface area contributed by atoms with Crippen LogP contribution < -0.4 is 0 Å². The molecule has 1 amide bonds.